The van der Waals surface area contributed by atoms with Crippen LogP contribution < -0.4 is 5.32 Å². The minimum absolute atomic E-state index is 0.370. The van der Waals surface area contributed by atoms with Crippen LogP contribution in [0.1, 0.15) is 31.9 Å². The number of aryl methyl sites for hydroxylation is 1. The molecule has 0 aromatic heterocycles. The lowest BCUT2D eigenvalue weighted by molar-refractivity contribution is 0.0581. The number of rotatable bonds is 5. The second-order valence-corrected chi connectivity index (χ2v) is 5.71. The molecule has 0 aliphatic carbocycles. The van der Waals surface area contributed by atoms with Crippen molar-refractivity contribution in [3.8, 4) is 0 Å². The normalized spacial score (nSPS) is 15.0. The fourth-order valence-electron chi connectivity index (χ4n) is 1.69. The maximum Gasteiger partial charge on any atom is 0.0784 e. The van der Waals surface area contributed by atoms with Crippen molar-refractivity contribution in [2.24, 2.45) is 0 Å². The maximum atomic E-state index is 10.3. The first-order valence-electron chi connectivity index (χ1n) is 6.01. The van der Waals surface area contributed by atoms with E-state index >= 15 is 0 Å². The predicted octanol–water partition coefficient (Wildman–Crippen LogP) is 2.94. The van der Waals surface area contributed by atoms with Crippen LogP contribution in [0.2, 0.25) is 5.02 Å². The zero-order chi connectivity index (χ0) is 13.1. The molecule has 0 saturated carbocycles. The Morgan fingerprint density at radius 1 is 1.41 bits per heavy atom. The highest BCUT2D eigenvalue weighted by Crippen LogP contribution is 2.22. The van der Waals surface area contributed by atoms with E-state index in [-0.39, 0.29) is 0 Å². The minimum Gasteiger partial charge on any atom is -0.389 e. The Morgan fingerprint density at radius 2 is 2.06 bits per heavy atom. The molecule has 2 nitrogen and oxygen atoms in total. The van der Waals surface area contributed by atoms with E-state index in [4.69, 9.17) is 11.6 Å². The molecule has 0 fully saturated rings. The SMILES string of the molecule is Cc1ccc(CC(C)(O)CNC(C)C)c(Cl)c1. The molecule has 17 heavy (non-hydrogen) atoms. The number of nitrogens with one attached hydrogen (secondary N) is 1. The van der Waals surface area contributed by atoms with Gasteiger partial charge in [-0.2, -0.15) is 0 Å². The largest absolute Gasteiger partial charge is 0.389 e. The third-order valence-corrected chi connectivity index (χ3v) is 3.02. The van der Waals surface area contributed by atoms with Crippen LogP contribution in [0.4, 0.5) is 0 Å². The molecular weight excluding hydrogens is 234 g/mol. The van der Waals surface area contributed by atoms with Gasteiger partial charge in [0.15, 0.2) is 0 Å². The van der Waals surface area contributed by atoms with Crippen molar-refractivity contribution in [2.75, 3.05) is 6.54 Å². The van der Waals surface area contributed by atoms with Gasteiger partial charge in [-0.15, -0.1) is 0 Å². The Balaban J connectivity index is 2.68. The standard InChI is InChI=1S/C14H22ClNO/c1-10(2)16-9-14(4,17)8-12-6-5-11(3)7-13(12)15/h5-7,10,16-17H,8-9H2,1-4H3. The van der Waals surface area contributed by atoms with Gasteiger partial charge in [-0.1, -0.05) is 37.6 Å². The van der Waals surface area contributed by atoms with Crippen LogP contribution in [0.15, 0.2) is 18.2 Å². The van der Waals surface area contributed by atoms with Gasteiger partial charge >= 0.3 is 0 Å². The first kappa shape index (κ1) is 14.5. The van der Waals surface area contributed by atoms with Crippen LogP contribution in [0.3, 0.4) is 0 Å². The van der Waals surface area contributed by atoms with Gasteiger partial charge in [-0.05, 0) is 31.0 Å². The predicted molar refractivity (Wildman–Crippen MR) is 73.7 cm³/mol. The zero-order valence-electron chi connectivity index (χ0n) is 11.0. The lowest BCUT2D eigenvalue weighted by Crippen LogP contribution is -2.42. The third kappa shape index (κ3) is 5.07. The summed E-state index contributed by atoms with van der Waals surface area (Å²) in [6.45, 7) is 8.53. The van der Waals surface area contributed by atoms with Crippen LogP contribution in [0, 0.1) is 6.92 Å². The van der Waals surface area contributed by atoms with Crippen molar-refractivity contribution in [3.63, 3.8) is 0 Å². The Labute approximate surface area is 109 Å². The highest BCUT2D eigenvalue weighted by Gasteiger charge is 2.22. The summed E-state index contributed by atoms with van der Waals surface area (Å²) >= 11 is 6.17. The second kappa shape index (κ2) is 5.85. The molecular formula is C14H22ClNO. The second-order valence-electron chi connectivity index (χ2n) is 5.30. The Hall–Kier alpha value is -0.570. The maximum absolute atomic E-state index is 10.3. The molecule has 1 aromatic carbocycles. The number of hydrogen-bond donors (Lipinski definition) is 2. The molecule has 0 saturated heterocycles. The zero-order valence-corrected chi connectivity index (χ0v) is 11.8. The van der Waals surface area contributed by atoms with Gasteiger partial charge in [0, 0.05) is 24.0 Å². The van der Waals surface area contributed by atoms with Crippen LogP contribution in [0.25, 0.3) is 0 Å². The number of hydrogen-bond acceptors (Lipinski definition) is 2. The van der Waals surface area contributed by atoms with Crippen LogP contribution in [0.5, 0.6) is 0 Å². The Morgan fingerprint density at radius 3 is 2.59 bits per heavy atom. The van der Waals surface area contributed by atoms with E-state index in [1.807, 2.05) is 32.0 Å². The molecule has 0 amide bonds. The fraction of sp³-hybridized carbons (Fsp3) is 0.571. The molecule has 3 heteroatoms. The molecule has 2 N–H and O–H groups in total. The molecule has 1 unspecified atom stereocenters. The molecule has 0 aliphatic rings. The molecule has 1 atom stereocenters. The average Bonchev–Trinajstić information content (AvgIpc) is 2.20. The first-order valence-corrected chi connectivity index (χ1v) is 6.39. The molecule has 0 aliphatic heterocycles. The van der Waals surface area contributed by atoms with Gasteiger partial charge < -0.3 is 10.4 Å². The van der Waals surface area contributed by atoms with Gasteiger partial charge in [0.2, 0.25) is 0 Å². The first-order chi connectivity index (χ1) is 7.80. The summed E-state index contributed by atoms with van der Waals surface area (Å²) in [5.74, 6) is 0. The summed E-state index contributed by atoms with van der Waals surface area (Å²) < 4.78 is 0. The lowest BCUT2D eigenvalue weighted by atomic mass is 9.95. The fourth-order valence-corrected chi connectivity index (χ4v) is 1.99. The van der Waals surface area contributed by atoms with Crippen molar-refractivity contribution >= 4 is 11.6 Å². The summed E-state index contributed by atoms with van der Waals surface area (Å²) in [4.78, 5) is 0. The van der Waals surface area contributed by atoms with Gasteiger partial charge in [0.25, 0.3) is 0 Å². The average molecular weight is 256 g/mol. The summed E-state index contributed by atoms with van der Waals surface area (Å²) in [5.41, 5.74) is 1.36. The molecule has 0 heterocycles. The minimum atomic E-state index is -0.775. The van der Waals surface area contributed by atoms with E-state index < -0.39 is 5.60 Å². The van der Waals surface area contributed by atoms with E-state index in [9.17, 15) is 5.11 Å². The molecule has 1 aromatic rings. The van der Waals surface area contributed by atoms with Gasteiger partial charge in [0.05, 0.1) is 5.60 Å². The highest BCUT2D eigenvalue weighted by molar-refractivity contribution is 6.31. The number of benzene rings is 1. The van der Waals surface area contributed by atoms with E-state index in [0.717, 1.165) is 16.1 Å². The molecule has 1 rings (SSSR count). The molecule has 96 valence electrons. The summed E-state index contributed by atoms with van der Waals surface area (Å²) in [5, 5.41) is 14.3. The number of halogens is 1. The monoisotopic (exact) mass is 255 g/mol. The van der Waals surface area contributed by atoms with Gasteiger partial charge in [0.1, 0.15) is 0 Å². The third-order valence-electron chi connectivity index (χ3n) is 2.67. The van der Waals surface area contributed by atoms with Crippen LogP contribution in [-0.2, 0) is 6.42 Å². The molecule has 0 bridgehead atoms. The molecule has 0 spiro atoms. The summed E-state index contributed by atoms with van der Waals surface area (Å²) in [7, 11) is 0. The Kier molecular flexibility index (Phi) is 4.99. The number of aliphatic hydroxyl groups is 1. The highest BCUT2D eigenvalue weighted by atomic mass is 35.5. The van der Waals surface area contributed by atoms with Crippen molar-refractivity contribution in [1.82, 2.24) is 5.32 Å². The van der Waals surface area contributed by atoms with Crippen LogP contribution >= 0.6 is 11.6 Å². The van der Waals surface area contributed by atoms with Crippen molar-refractivity contribution in [3.05, 3.63) is 34.3 Å². The van der Waals surface area contributed by atoms with Gasteiger partial charge in [-0.25, -0.2) is 0 Å². The van der Waals surface area contributed by atoms with E-state index in [0.29, 0.717) is 19.0 Å². The summed E-state index contributed by atoms with van der Waals surface area (Å²) in [6.07, 6.45) is 0.561. The van der Waals surface area contributed by atoms with Crippen molar-refractivity contribution < 1.29 is 5.11 Å². The van der Waals surface area contributed by atoms with Gasteiger partial charge in [-0.3, -0.25) is 0 Å². The smallest absolute Gasteiger partial charge is 0.0784 e. The summed E-state index contributed by atoms with van der Waals surface area (Å²) in [6, 6.07) is 6.31. The quantitative estimate of drug-likeness (QED) is 0.848. The van der Waals surface area contributed by atoms with Crippen LogP contribution in [-0.4, -0.2) is 23.3 Å². The topological polar surface area (TPSA) is 32.3 Å². The van der Waals surface area contributed by atoms with Crippen molar-refractivity contribution in [1.29, 1.82) is 0 Å². The van der Waals surface area contributed by atoms with E-state index in [1.54, 1.807) is 0 Å². The Bertz CT molecular complexity index is 374. The van der Waals surface area contributed by atoms with E-state index in [1.165, 1.54) is 0 Å². The molecule has 0 radical (unpaired) electrons. The van der Waals surface area contributed by atoms with Crippen molar-refractivity contribution in [2.45, 2.75) is 45.8 Å². The van der Waals surface area contributed by atoms with E-state index in [2.05, 4.69) is 19.2 Å². The lowest BCUT2D eigenvalue weighted by Gasteiger charge is -2.25.